The molecular formula is C21H31N3O4. The summed E-state index contributed by atoms with van der Waals surface area (Å²) >= 11 is 0. The monoisotopic (exact) mass is 389 g/mol. The van der Waals surface area contributed by atoms with Crippen molar-refractivity contribution in [2.24, 2.45) is 5.92 Å². The number of nitrogens with one attached hydrogen (secondary N) is 2. The fourth-order valence-electron chi connectivity index (χ4n) is 3.38. The first-order valence-electron chi connectivity index (χ1n) is 9.88. The third kappa shape index (κ3) is 6.05. The lowest BCUT2D eigenvalue weighted by atomic mass is 9.88. The minimum atomic E-state index is -0.611. The average molecular weight is 389 g/mol. The van der Waals surface area contributed by atoms with Crippen LogP contribution < -0.4 is 10.6 Å². The maximum Gasteiger partial charge on any atom is 0.251 e. The molecule has 0 aromatic heterocycles. The minimum absolute atomic E-state index is 0.0159. The van der Waals surface area contributed by atoms with Gasteiger partial charge in [-0.1, -0.05) is 24.6 Å². The van der Waals surface area contributed by atoms with Gasteiger partial charge in [-0.05, 0) is 44.2 Å². The van der Waals surface area contributed by atoms with Gasteiger partial charge in [-0.25, -0.2) is 0 Å². The van der Waals surface area contributed by atoms with Gasteiger partial charge in [0.05, 0.1) is 0 Å². The third-order valence-corrected chi connectivity index (χ3v) is 5.06. The molecule has 2 N–H and O–H groups in total. The molecule has 0 aliphatic carbocycles. The largest absolute Gasteiger partial charge is 0.375 e. The second-order valence-electron chi connectivity index (χ2n) is 7.26. The molecule has 1 atom stereocenters. The SMILES string of the molecule is CCCNC(=O)[C@@H](NC(=O)c1ccc(C)cc1)C1CCN(C(=O)COC)CC1. The summed E-state index contributed by atoms with van der Waals surface area (Å²) in [7, 11) is 1.50. The number of hydrogen-bond donors (Lipinski definition) is 2. The highest BCUT2D eigenvalue weighted by molar-refractivity contribution is 5.97. The van der Waals surface area contributed by atoms with Gasteiger partial charge in [-0.3, -0.25) is 14.4 Å². The van der Waals surface area contributed by atoms with Crippen molar-refractivity contribution in [3.8, 4) is 0 Å². The molecule has 0 unspecified atom stereocenters. The molecule has 7 nitrogen and oxygen atoms in total. The summed E-state index contributed by atoms with van der Waals surface area (Å²) in [4.78, 5) is 39.1. The number of carbonyl (C=O) groups is 3. The molecule has 0 saturated carbocycles. The van der Waals surface area contributed by atoms with Crippen LogP contribution in [0.5, 0.6) is 0 Å². The predicted molar refractivity (Wildman–Crippen MR) is 107 cm³/mol. The first kappa shape index (κ1) is 21.9. The van der Waals surface area contributed by atoms with Crippen LogP contribution in [0.3, 0.4) is 0 Å². The fourth-order valence-corrected chi connectivity index (χ4v) is 3.38. The van der Waals surface area contributed by atoms with Crippen LogP contribution in [-0.4, -0.2) is 62.0 Å². The summed E-state index contributed by atoms with van der Waals surface area (Å²) in [5.74, 6) is -0.479. The molecule has 1 aliphatic rings. The maximum atomic E-state index is 12.7. The van der Waals surface area contributed by atoms with Crippen molar-refractivity contribution < 1.29 is 19.1 Å². The summed E-state index contributed by atoms with van der Waals surface area (Å²) < 4.78 is 4.91. The Morgan fingerprint density at radius 2 is 1.82 bits per heavy atom. The molecule has 154 valence electrons. The molecule has 7 heteroatoms. The molecular weight excluding hydrogens is 358 g/mol. The minimum Gasteiger partial charge on any atom is -0.375 e. The Bertz CT molecular complexity index is 667. The zero-order chi connectivity index (χ0) is 20.5. The van der Waals surface area contributed by atoms with E-state index in [1.807, 2.05) is 26.0 Å². The van der Waals surface area contributed by atoms with Crippen molar-refractivity contribution >= 4 is 17.7 Å². The second kappa shape index (κ2) is 10.8. The van der Waals surface area contributed by atoms with Crippen LogP contribution in [0.4, 0.5) is 0 Å². The fraction of sp³-hybridized carbons (Fsp3) is 0.571. The molecule has 1 heterocycles. The summed E-state index contributed by atoms with van der Waals surface area (Å²) in [6.45, 7) is 5.70. The Labute approximate surface area is 166 Å². The second-order valence-corrected chi connectivity index (χ2v) is 7.26. The average Bonchev–Trinajstić information content (AvgIpc) is 2.71. The van der Waals surface area contributed by atoms with Crippen LogP contribution in [0, 0.1) is 12.8 Å². The Balaban J connectivity index is 2.05. The molecule has 1 fully saturated rings. The zero-order valence-corrected chi connectivity index (χ0v) is 17.0. The zero-order valence-electron chi connectivity index (χ0n) is 17.0. The molecule has 0 spiro atoms. The molecule has 2 rings (SSSR count). The van der Waals surface area contributed by atoms with E-state index in [2.05, 4.69) is 10.6 Å². The van der Waals surface area contributed by atoms with Crippen molar-refractivity contribution in [1.29, 1.82) is 0 Å². The lowest BCUT2D eigenvalue weighted by molar-refractivity contribution is -0.136. The van der Waals surface area contributed by atoms with Crippen LogP contribution >= 0.6 is 0 Å². The van der Waals surface area contributed by atoms with Gasteiger partial charge in [-0.2, -0.15) is 0 Å². The molecule has 28 heavy (non-hydrogen) atoms. The third-order valence-electron chi connectivity index (χ3n) is 5.06. The lowest BCUT2D eigenvalue weighted by Gasteiger charge is -2.35. The Morgan fingerprint density at radius 1 is 1.18 bits per heavy atom. The van der Waals surface area contributed by atoms with Crippen molar-refractivity contribution in [2.45, 2.75) is 39.2 Å². The quantitative estimate of drug-likeness (QED) is 0.705. The summed E-state index contributed by atoms with van der Waals surface area (Å²) in [5.41, 5.74) is 1.61. The van der Waals surface area contributed by atoms with E-state index in [9.17, 15) is 14.4 Å². The van der Waals surface area contributed by atoms with E-state index in [0.717, 1.165) is 12.0 Å². The standard InChI is InChI=1S/C21H31N3O4/c1-4-11-22-21(27)19(23-20(26)17-7-5-15(2)6-8-17)16-9-12-24(13-10-16)18(25)14-28-3/h5-8,16,19H,4,9-14H2,1-3H3,(H,22,27)(H,23,26)/t19-/m0/s1. The van der Waals surface area contributed by atoms with Gasteiger partial charge in [0, 0.05) is 32.3 Å². The summed E-state index contributed by atoms with van der Waals surface area (Å²) in [6.07, 6.45) is 2.15. The first-order valence-corrected chi connectivity index (χ1v) is 9.88. The van der Waals surface area contributed by atoms with Crippen molar-refractivity contribution in [3.63, 3.8) is 0 Å². The van der Waals surface area contributed by atoms with Gasteiger partial charge in [0.1, 0.15) is 12.6 Å². The van der Waals surface area contributed by atoms with Crippen molar-refractivity contribution in [1.82, 2.24) is 15.5 Å². The van der Waals surface area contributed by atoms with Gasteiger partial charge in [0.25, 0.3) is 5.91 Å². The number of likely N-dealkylation sites (tertiary alicyclic amines) is 1. The number of amides is 3. The van der Waals surface area contributed by atoms with Gasteiger partial charge in [-0.15, -0.1) is 0 Å². The number of hydrogen-bond acceptors (Lipinski definition) is 4. The van der Waals surface area contributed by atoms with E-state index in [-0.39, 0.29) is 30.2 Å². The number of ether oxygens (including phenoxy) is 1. The van der Waals surface area contributed by atoms with Crippen LogP contribution in [0.1, 0.15) is 42.1 Å². The highest BCUT2D eigenvalue weighted by Gasteiger charge is 2.33. The number of carbonyl (C=O) groups excluding carboxylic acids is 3. The van der Waals surface area contributed by atoms with E-state index in [0.29, 0.717) is 38.0 Å². The molecule has 3 amide bonds. The van der Waals surface area contributed by atoms with Crippen LogP contribution in [0.25, 0.3) is 0 Å². The Hall–Kier alpha value is -2.41. The molecule has 1 aromatic rings. The maximum absolute atomic E-state index is 12.7. The summed E-state index contributed by atoms with van der Waals surface area (Å²) in [6, 6.07) is 6.66. The first-order chi connectivity index (χ1) is 13.5. The molecule has 1 saturated heterocycles. The number of benzene rings is 1. The van der Waals surface area contributed by atoms with E-state index in [1.54, 1.807) is 17.0 Å². The number of methoxy groups -OCH3 is 1. The molecule has 1 aliphatic heterocycles. The predicted octanol–water partition coefficient (Wildman–Crippen LogP) is 1.50. The van der Waals surface area contributed by atoms with Gasteiger partial charge in [0.2, 0.25) is 11.8 Å². The number of piperidine rings is 1. The lowest BCUT2D eigenvalue weighted by Crippen LogP contribution is -2.54. The molecule has 0 radical (unpaired) electrons. The highest BCUT2D eigenvalue weighted by Crippen LogP contribution is 2.22. The van der Waals surface area contributed by atoms with Crippen molar-refractivity contribution in [2.75, 3.05) is 33.4 Å². The van der Waals surface area contributed by atoms with E-state index in [1.165, 1.54) is 7.11 Å². The number of rotatable bonds is 8. The van der Waals surface area contributed by atoms with E-state index < -0.39 is 6.04 Å². The summed E-state index contributed by atoms with van der Waals surface area (Å²) in [5, 5.41) is 5.82. The van der Waals surface area contributed by atoms with E-state index >= 15 is 0 Å². The van der Waals surface area contributed by atoms with Gasteiger partial charge in [0.15, 0.2) is 0 Å². The number of nitrogens with zero attached hydrogens (tertiary/aromatic N) is 1. The number of aryl methyl sites for hydroxylation is 1. The molecule has 1 aromatic carbocycles. The highest BCUT2D eigenvalue weighted by atomic mass is 16.5. The van der Waals surface area contributed by atoms with Crippen LogP contribution in [0.2, 0.25) is 0 Å². The van der Waals surface area contributed by atoms with Crippen LogP contribution in [-0.2, 0) is 14.3 Å². The van der Waals surface area contributed by atoms with Gasteiger partial charge >= 0.3 is 0 Å². The Kier molecular flexibility index (Phi) is 8.44. The van der Waals surface area contributed by atoms with E-state index in [4.69, 9.17) is 4.74 Å². The van der Waals surface area contributed by atoms with Crippen molar-refractivity contribution in [3.05, 3.63) is 35.4 Å². The smallest absolute Gasteiger partial charge is 0.251 e. The van der Waals surface area contributed by atoms with Crippen LogP contribution in [0.15, 0.2) is 24.3 Å². The van der Waals surface area contributed by atoms with Gasteiger partial charge < -0.3 is 20.3 Å². The topological polar surface area (TPSA) is 87.7 Å². The Morgan fingerprint density at radius 3 is 2.39 bits per heavy atom. The normalized spacial score (nSPS) is 15.8. The molecule has 0 bridgehead atoms.